The summed E-state index contributed by atoms with van der Waals surface area (Å²) >= 11 is 6.15. The van der Waals surface area contributed by atoms with Gasteiger partial charge in [0.2, 0.25) is 0 Å². The van der Waals surface area contributed by atoms with Gasteiger partial charge in [0.1, 0.15) is 17.4 Å². The van der Waals surface area contributed by atoms with Crippen molar-refractivity contribution in [3.05, 3.63) is 52.6 Å². The number of ether oxygens (including phenoxy) is 3. The van der Waals surface area contributed by atoms with E-state index in [1.165, 1.54) is 20.3 Å². The molecule has 2 rings (SSSR count). The van der Waals surface area contributed by atoms with E-state index in [0.717, 1.165) is 0 Å². The quantitative estimate of drug-likeness (QED) is 0.614. The van der Waals surface area contributed by atoms with E-state index in [9.17, 15) is 10.1 Å². The Morgan fingerprint density at radius 1 is 1.12 bits per heavy atom. The fourth-order valence-electron chi connectivity index (χ4n) is 2.21. The van der Waals surface area contributed by atoms with Crippen molar-refractivity contribution in [2.75, 3.05) is 26.6 Å². The molecule has 0 saturated heterocycles. The maximum Gasteiger partial charge on any atom is 0.266 e. The van der Waals surface area contributed by atoms with Crippen LogP contribution in [-0.2, 0) is 4.79 Å². The number of nitriles is 1. The van der Waals surface area contributed by atoms with E-state index in [-0.39, 0.29) is 5.57 Å². The van der Waals surface area contributed by atoms with Gasteiger partial charge in [-0.25, -0.2) is 0 Å². The van der Waals surface area contributed by atoms with Gasteiger partial charge in [-0.3, -0.25) is 4.79 Å². The summed E-state index contributed by atoms with van der Waals surface area (Å²) in [6, 6.07) is 11.9. The van der Waals surface area contributed by atoms with Gasteiger partial charge < -0.3 is 19.5 Å². The highest BCUT2D eigenvalue weighted by molar-refractivity contribution is 6.32. The predicted octanol–water partition coefficient (Wildman–Crippen LogP) is 3.91. The summed E-state index contributed by atoms with van der Waals surface area (Å²) in [5, 5.41) is 12.3. The molecule has 0 radical (unpaired) electrons. The molecule has 0 aromatic heterocycles. The minimum Gasteiger partial charge on any atom is -0.497 e. The molecule has 0 bridgehead atoms. The largest absolute Gasteiger partial charge is 0.497 e. The Morgan fingerprint density at radius 3 is 2.35 bits per heavy atom. The van der Waals surface area contributed by atoms with Crippen LogP contribution >= 0.6 is 11.6 Å². The van der Waals surface area contributed by atoms with E-state index in [1.54, 1.807) is 43.5 Å². The van der Waals surface area contributed by atoms with Gasteiger partial charge in [0.15, 0.2) is 11.5 Å². The molecule has 1 N–H and O–H groups in total. The van der Waals surface area contributed by atoms with E-state index < -0.39 is 5.91 Å². The zero-order valence-electron chi connectivity index (χ0n) is 14.5. The molecule has 0 atom stereocenters. The highest BCUT2D eigenvalue weighted by atomic mass is 35.5. The summed E-state index contributed by atoms with van der Waals surface area (Å²) < 4.78 is 15.4. The lowest BCUT2D eigenvalue weighted by Crippen LogP contribution is -2.13. The second-order valence-electron chi connectivity index (χ2n) is 5.09. The second kappa shape index (κ2) is 8.79. The monoisotopic (exact) mass is 372 g/mol. The van der Waals surface area contributed by atoms with Gasteiger partial charge >= 0.3 is 0 Å². The standard InChI is InChI=1S/C19H17ClN2O4/c1-24-15-6-4-14(5-7-15)22-19(23)13(11-21)8-12-9-16(20)18(26-3)17(10-12)25-2/h4-10H,1-3H3,(H,22,23)/b13-8+. The number of carbonyl (C=O) groups is 1. The van der Waals surface area contributed by atoms with Crippen molar-refractivity contribution in [1.82, 2.24) is 0 Å². The van der Waals surface area contributed by atoms with Gasteiger partial charge in [-0.15, -0.1) is 0 Å². The van der Waals surface area contributed by atoms with Crippen molar-refractivity contribution < 1.29 is 19.0 Å². The molecular weight excluding hydrogens is 356 g/mol. The summed E-state index contributed by atoms with van der Waals surface area (Å²) in [5.41, 5.74) is 1.00. The van der Waals surface area contributed by atoms with E-state index >= 15 is 0 Å². The summed E-state index contributed by atoms with van der Waals surface area (Å²) in [5.74, 6) is 0.911. The number of methoxy groups -OCH3 is 3. The number of hydrogen-bond donors (Lipinski definition) is 1. The van der Waals surface area contributed by atoms with E-state index in [2.05, 4.69) is 5.32 Å². The lowest BCUT2D eigenvalue weighted by molar-refractivity contribution is -0.112. The summed E-state index contributed by atoms with van der Waals surface area (Å²) in [7, 11) is 4.50. The Balaban J connectivity index is 2.27. The fourth-order valence-corrected chi connectivity index (χ4v) is 2.51. The molecule has 0 saturated carbocycles. The van der Waals surface area contributed by atoms with Crippen LogP contribution in [0.25, 0.3) is 6.08 Å². The fraction of sp³-hybridized carbons (Fsp3) is 0.158. The van der Waals surface area contributed by atoms with Crippen LogP contribution in [0.15, 0.2) is 42.0 Å². The smallest absolute Gasteiger partial charge is 0.266 e. The SMILES string of the molecule is COc1ccc(NC(=O)/C(C#N)=C/c2cc(Cl)c(OC)c(OC)c2)cc1. The molecule has 0 heterocycles. The molecular formula is C19H17ClN2O4. The van der Waals surface area contributed by atoms with Crippen molar-refractivity contribution in [3.8, 4) is 23.3 Å². The van der Waals surface area contributed by atoms with Gasteiger partial charge in [-0.2, -0.15) is 5.26 Å². The molecule has 2 aromatic rings. The molecule has 134 valence electrons. The van der Waals surface area contributed by atoms with Crippen LogP contribution in [0.3, 0.4) is 0 Å². The topological polar surface area (TPSA) is 80.6 Å². The summed E-state index contributed by atoms with van der Waals surface area (Å²) in [4.78, 5) is 12.3. The molecule has 0 aliphatic rings. The Kier molecular flexibility index (Phi) is 6.48. The molecule has 7 heteroatoms. The third kappa shape index (κ3) is 4.47. The van der Waals surface area contributed by atoms with Crippen LogP contribution in [-0.4, -0.2) is 27.2 Å². The molecule has 0 unspecified atom stereocenters. The minimum atomic E-state index is -0.538. The molecule has 0 fully saturated rings. The number of carbonyl (C=O) groups excluding carboxylic acids is 1. The van der Waals surface area contributed by atoms with Gasteiger partial charge in [-0.05, 0) is 48.0 Å². The third-order valence-electron chi connectivity index (χ3n) is 3.48. The first kappa shape index (κ1) is 19.2. The van der Waals surface area contributed by atoms with Crippen LogP contribution in [0, 0.1) is 11.3 Å². The number of benzene rings is 2. The highest BCUT2D eigenvalue weighted by Crippen LogP contribution is 2.36. The number of anilines is 1. The molecule has 0 aliphatic heterocycles. The number of nitrogens with zero attached hydrogens (tertiary/aromatic N) is 1. The highest BCUT2D eigenvalue weighted by Gasteiger charge is 2.13. The first-order valence-corrected chi connectivity index (χ1v) is 7.89. The Labute approximate surface area is 156 Å². The Bertz CT molecular complexity index is 870. The van der Waals surface area contributed by atoms with E-state index in [4.69, 9.17) is 25.8 Å². The van der Waals surface area contributed by atoms with Crippen molar-refractivity contribution in [2.45, 2.75) is 0 Å². The maximum absolute atomic E-state index is 12.3. The lowest BCUT2D eigenvalue weighted by Gasteiger charge is -2.10. The number of halogens is 1. The Hall–Kier alpha value is -3.17. The molecule has 1 amide bonds. The van der Waals surface area contributed by atoms with Crippen LogP contribution in [0.1, 0.15) is 5.56 Å². The van der Waals surface area contributed by atoms with Crippen LogP contribution in [0.2, 0.25) is 5.02 Å². The van der Waals surface area contributed by atoms with Crippen molar-refractivity contribution in [1.29, 1.82) is 5.26 Å². The normalized spacial score (nSPS) is 10.7. The average Bonchev–Trinajstić information content (AvgIpc) is 2.66. The molecule has 26 heavy (non-hydrogen) atoms. The van der Waals surface area contributed by atoms with E-state index in [1.807, 2.05) is 6.07 Å². The second-order valence-corrected chi connectivity index (χ2v) is 5.50. The third-order valence-corrected chi connectivity index (χ3v) is 3.76. The first-order chi connectivity index (χ1) is 12.5. The zero-order valence-corrected chi connectivity index (χ0v) is 15.3. The van der Waals surface area contributed by atoms with Gasteiger partial charge in [0, 0.05) is 5.69 Å². The Morgan fingerprint density at radius 2 is 1.81 bits per heavy atom. The van der Waals surface area contributed by atoms with Crippen LogP contribution in [0.5, 0.6) is 17.2 Å². The van der Waals surface area contributed by atoms with Crippen LogP contribution < -0.4 is 19.5 Å². The first-order valence-electron chi connectivity index (χ1n) is 7.51. The van der Waals surface area contributed by atoms with Crippen molar-refractivity contribution in [2.24, 2.45) is 0 Å². The number of hydrogen-bond acceptors (Lipinski definition) is 5. The van der Waals surface area contributed by atoms with Crippen molar-refractivity contribution >= 4 is 29.3 Å². The number of amides is 1. The molecule has 6 nitrogen and oxygen atoms in total. The molecule has 2 aromatic carbocycles. The van der Waals surface area contributed by atoms with E-state index in [0.29, 0.717) is 33.5 Å². The zero-order chi connectivity index (χ0) is 19.1. The number of nitrogens with one attached hydrogen (secondary N) is 1. The minimum absolute atomic E-state index is 0.0795. The van der Waals surface area contributed by atoms with Gasteiger partial charge in [0.25, 0.3) is 5.91 Å². The average molecular weight is 373 g/mol. The van der Waals surface area contributed by atoms with Crippen molar-refractivity contribution in [3.63, 3.8) is 0 Å². The maximum atomic E-state index is 12.3. The number of rotatable bonds is 6. The van der Waals surface area contributed by atoms with Crippen LogP contribution in [0.4, 0.5) is 5.69 Å². The van der Waals surface area contributed by atoms with Gasteiger partial charge in [0.05, 0.1) is 26.4 Å². The molecule has 0 spiro atoms. The predicted molar refractivity (Wildman–Crippen MR) is 99.8 cm³/mol. The summed E-state index contributed by atoms with van der Waals surface area (Å²) in [6.45, 7) is 0. The van der Waals surface area contributed by atoms with Gasteiger partial charge in [-0.1, -0.05) is 11.6 Å². The summed E-state index contributed by atoms with van der Waals surface area (Å²) in [6.07, 6.45) is 1.42. The lowest BCUT2D eigenvalue weighted by atomic mass is 10.1. The molecule has 0 aliphatic carbocycles.